The van der Waals surface area contributed by atoms with Gasteiger partial charge in [0, 0.05) is 18.2 Å². The van der Waals surface area contributed by atoms with Gasteiger partial charge >= 0.3 is 0 Å². The van der Waals surface area contributed by atoms with Crippen LogP contribution in [0.5, 0.6) is 0 Å². The van der Waals surface area contributed by atoms with Crippen molar-refractivity contribution in [1.82, 2.24) is 0 Å². The molecule has 0 heterocycles. The predicted octanol–water partition coefficient (Wildman–Crippen LogP) is 2.53. The Morgan fingerprint density at radius 2 is 2.13 bits per heavy atom. The molecule has 0 aromatic heterocycles. The summed E-state index contributed by atoms with van der Waals surface area (Å²) in [5, 5.41) is 10.6. The predicted molar refractivity (Wildman–Crippen MR) is 60.4 cm³/mol. The van der Waals surface area contributed by atoms with Gasteiger partial charge in [0.15, 0.2) is 5.78 Å². The molecule has 0 bridgehead atoms. The molecule has 80 valence electrons. The van der Waals surface area contributed by atoms with Gasteiger partial charge in [-0.2, -0.15) is 11.8 Å². The minimum Gasteiger partial charge on any atom is -0.294 e. The first-order valence-electron chi connectivity index (χ1n) is 4.42. The minimum absolute atomic E-state index is 0.108. The van der Waals surface area contributed by atoms with E-state index in [0.717, 1.165) is 0 Å². The summed E-state index contributed by atoms with van der Waals surface area (Å²) in [7, 11) is 0. The molecule has 0 amide bonds. The van der Waals surface area contributed by atoms with Crippen LogP contribution >= 0.6 is 11.8 Å². The Kier molecular flexibility index (Phi) is 4.30. The van der Waals surface area contributed by atoms with Gasteiger partial charge < -0.3 is 0 Å². The molecular formula is C10H11NO3S. The van der Waals surface area contributed by atoms with Crippen LogP contribution in [0.2, 0.25) is 0 Å². The molecule has 5 heteroatoms. The number of hydrogen-bond donors (Lipinski definition) is 0. The number of nitro benzene ring substituents is 1. The Balaban J connectivity index is 2.92. The summed E-state index contributed by atoms with van der Waals surface area (Å²) in [6.07, 6.45) is 2.23. The van der Waals surface area contributed by atoms with E-state index >= 15 is 0 Å². The monoisotopic (exact) mass is 225 g/mol. The number of benzene rings is 1. The number of nitro groups is 1. The quantitative estimate of drug-likeness (QED) is 0.439. The Morgan fingerprint density at radius 3 is 2.73 bits per heavy atom. The second-order valence-electron chi connectivity index (χ2n) is 2.94. The van der Waals surface area contributed by atoms with Crippen LogP contribution in [-0.4, -0.2) is 22.7 Å². The molecule has 0 aliphatic rings. The van der Waals surface area contributed by atoms with Crippen molar-refractivity contribution in [2.24, 2.45) is 0 Å². The highest BCUT2D eigenvalue weighted by molar-refractivity contribution is 7.98. The first-order valence-corrected chi connectivity index (χ1v) is 5.81. The zero-order valence-corrected chi connectivity index (χ0v) is 9.12. The van der Waals surface area contributed by atoms with Crippen LogP contribution in [0.1, 0.15) is 16.8 Å². The van der Waals surface area contributed by atoms with Crippen molar-refractivity contribution in [2.45, 2.75) is 6.42 Å². The third-order valence-electron chi connectivity index (χ3n) is 1.93. The van der Waals surface area contributed by atoms with Gasteiger partial charge in [-0.25, -0.2) is 0 Å². The van der Waals surface area contributed by atoms with E-state index in [1.807, 2.05) is 6.26 Å². The van der Waals surface area contributed by atoms with E-state index < -0.39 is 4.92 Å². The van der Waals surface area contributed by atoms with Gasteiger partial charge in [0.25, 0.3) is 5.69 Å². The van der Waals surface area contributed by atoms with Crippen LogP contribution in [0.15, 0.2) is 24.3 Å². The van der Waals surface area contributed by atoms with Crippen LogP contribution < -0.4 is 0 Å². The molecule has 15 heavy (non-hydrogen) atoms. The second-order valence-corrected chi connectivity index (χ2v) is 3.93. The highest BCUT2D eigenvalue weighted by Crippen LogP contribution is 2.19. The molecule has 4 nitrogen and oxygen atoms in total. The van der Waals surface area contributed by atoms with Crippen LogP contribution in [0, 0.1) is 10.1 Å². The highest BCUT2D eigenvalue weighted by Gasteiger charge is 2.18. The number of hydrogen-bond acceptors (Lipinski definition) is 4. The van der Waals surface area contributed by atoms with E-state index in [0.29, 0.717) is 12.2 Å². The fraction of sp³-hybridized carbons (Fsp3) is 0.300. The van der Waals surface area contributed by atoms with E-state index in [1.165, 1.54) is 12.1 Å². The van der Waals surface area contributed by atoms with Gasteiger partial charge in [-0.15, -0.1) is 0 Å². The summed E-state index contributed by atoms with van der Waals surface area (Å²) in [5.41, 5.74) is 0.0974. The molecule has 0 saturated heterocycles. The Morgan fingerprint density at radius 1 is 1.47 bits per heavy atom. The maximum absolute atomic E-state index is 11.6. The minimum atomic E-state index is -0.522. The third-order valence-corrected chi connectivity index (χ3v) is 2.55. The molecule has 0 radical (unpaired) electrons. The normalized spacial score (nSPS) is 9.93. The first-order chi connectivity index (χ1) is 7.16. The number of ketones is 1. The lowest BCUT2D eigenvalue weighted by Gasteiger charge is -2.00. The zero-order valence-electron chi connectivity index (χ0n) is 8.30. The molecule has 0 saturated carbocycles. The number of nitrogens with zero attached hydrogens (tertiary/aromatic N) is 1. The van der Waals surface area contributed by atoms with Crippen molar-refractivity contribution < 1.29 is 9.72 Å². The Bertz CT molecular complexity index is 379. The largest absolute Gasteiger partial charge is 0.294 e. The van der Waals surface area contributed by atoms with E-state index in [4.69, 9.17) is 0 Å². The van der Waals surface area contributed by atoms with Gasteiger partial charge in [-0.3, -0.25) is 14.9 Å². The molecule has 1 rings (SSSR count). The molecule has 0 spiro atoms. The van der Waals surface area contributed by atoms with Crippen molar-refractivity contribution in [1.29, 1.82) is 0 Å². The smallest absolute Gasteiger partial charge is 0.280 e. The summed E-state index contributed by atoms with van der Waals surface area (Å²) in [4.78, 5) is 21.7. The topological polar surface area (TPSA) is 60.2 Å². The fourth-order valence-electron chi connectivity index (χ4n) is 1.20. The van der Waals surface area contributed by atoms with Gasteiger partial charge in [-0.05, 0) is 12.3 Å². The van der Waals surface area contributed by atoms with Crippen molar-refractivity contribution in [3.05, 3.63) is 39.9 Å². The van der Waals surface area contributed by atoms with Crippen LogP contribution in [0.25, 0.3) is 0 Å². The lowest BCUT2D eigenvalue weighted by atomic mass is 10.1. The number of Topliss-reactive ketones (excluding diaryl/α,β-unsaturated/α-hetero) is 1. The third kappa shape index (κ3) is 3.06. The van der Waals surface area contributed by atoms with Gasteiger partial charge in [0.05, 0.1) is 10.5 Å². The lowest BCUT2D eigenvalue weighted by molar-refractivity contribution is -0.385. The summed E-state index contributed by atoms with van der Waals surface area (Å²) < 4.78 is 0. The first kappa shape index (κ1) is 11.7. The summed E-state index contributed by atoms with van der Waals surface area (Å²) in [5.74, 6) is 0.516. The fourth-order valence-corrected chi connectivity index (χ4v) is 1.59. The summed E-state index contributed by atoms with van der Waals surface area (Å²) in [6, 6.07) is 6.05. The Hall–Kier alpha value is -1.36. The average Bonchev–Trinajstić information content (AvgIpc) is 2.25. The second kappa shape index (κ2) is 5.50. The number of rotatable bonds is 5. The lowest BCUT2D eigenvalue weighted by Crippen LogP contribution is -2.04. The molecule has 0 fully saturated rings. The molecule has 0 N–H and O–H groups in total. The van der Waals surface area contributed by atoms with E-state index in [-0.39, 0.29) is 17.0 Å². The summed E-state index contributed by atoms with van der Waals surface area (Å²) >= 11 is 1.55. The number of carbonyl (C=O) groups is 1. The average molecular weight is 225 g/mol. The van der Waals surface area contributed by atoms with Crippen molar-refractivity contribution in [3.63, 3.8) is 0 Å². The van der Waals surface area contributed by atoms with Crippen LogP contribution in [0.4, 0.5) is 5.69 Å². The zero-order chi connectivity index (χ0) is 11.3. The number of para-hydroxylation sites is 1. The number of thioether (sulfide) groups is 1. The van der Waals surface area contributed by atoms with Crippen LogP contribution in [-0.2, 0) is 0 Å². The van der Waals surface area contributed by atoms with E-state index in [9.17, 15) is 14.9 Å². The molecule has 0 aliphatic heterocycles. The molecule has 0 aliphatic carbocycles. The van der Waals surface area contributed by atoms with Crippen molar-refractivity contribution >= 4 is 23.2 Å². The molecule has 1 aromatic rings. The SMILES string of the molecule is CSCCC(=O)c1ccccc1[N+](=O)[O-]. The highest BCUT2D eigenvalue weighted by atomic mass is 32.2. The maximum Gasteiger partial charge on any atom is 0.280 e. The van der Waals surface area contributed by atoms with E-state index in [1.54, 1.807) is 23.9 Å². The van der Waals surface area contributed by atoms with Gasteiger partial charge in [-0.1, -0.05) is 12.1 Å². The van der Waals surface area contributed by atoms with Gasteiger partial charge in [0.2, 0.25) is 0 Å². The molecule has 0 atom stereocenters. The standard InChI is InChI=1S/C10H11NO3S/c1-15-7-6-10(12)8-4-2-3-5-9(8)11(13)14/h2-5H,6-7H2,1H3. The van der Waals surface area contributed by atoms with Gasteiger partial charge in [0.1, 0.15) is 0 Å². The summed E-state index contributed by atoms with van der Waals surface area (Å²) in [6.45, 7) is 0. The maximum atomic E-state index is 11.6. The van der Waals surface area contributed by atoms with Crippen molar-refractivity contribution in [3.8, 4) is 0 Å². The Labute approximate surface area is 91.8 Å². The van der Waals surface area contributed by atoms with Crippen molar-refractivity contribution in [2.75, 3.05) is 12.0 Å². The molecular weight excluding hydrogens is 214 g/mol. The van der Waals surface area contributed by atoms with Crippen LogP contribution in [0.3, 0.4) is 0 Å². The number of carbonyl (C=O) groups excluding carboxylic acids is 1. The molecule has 1 aromatic carbocycles. The molecule has 0 unspecified atom stereocenters. The van der Waals surface area contributed by atoms with E-state index in [2.05, 4.69) is 0 Å².